The maximum Gasteiger partial charge on any atom is 0.337 e. The van der Waals surface area contributed by atoms with Gasteiger partial charge in [0.2, 0.25) is 5.91 Å². The highest BCUT2D eigenvalue weighted by Gasteiger charge is 2.40. The lowest BCUT2D eigenvalue weighted by molar-refractivity contribution is -0.117. The molecular weight excluding hydrogens is 266 g/mol. The molecule has 2 saturated carbocycles. The number of methoxy groups -OCH3 is 1. The molecule has 2 aliphatic carbocycles. The minimum Gasteiger partial charge on any atom is -0.465 e. The second-order valence-corrected chi connectivity index (χ2v) is 6.26. The lowest BCUT2D eigenvalue weighted by Gasteiger charge is -2.20. The lowest BCUT2D eigenvalue weighted by atomic mass is 9.86. The lowest BCUT2D eigenvalue weighted by Crippen LogP contribution is -2.20. The summed E-state index contributed by atoms with van der Waals surface area (Å²) in [5, 5.41) is 2.92. The number of carbonyl (C=O) groups is 2. The minimum atomic E-state index is -0.366. The zero-order chi connectivity index (χ0) is 14.8. The van der Waals surface area contributed by atoms with Crippen LogP contribution >= 0.6 is 0 Å². The average Bonchev–Trinajstić information content (AvgIpc) is 3.09. The van der Waals surface area contributed by atoms with Gasteiger partial charge in [0.25, 0.3) is 0 Å². The van der Waals surface area contributed by atoms with Crippen LogP contribution < -0.4 is 5.32 Å². The smallest absolute Gasteiger partial charge is 0.337 e. The Labute approximate surface area is 124 Å². The number of anilines is 1. The van der Waals surface area contributed by atoms with E-state index >= 15 is 0 Å². The van der Waals surface area contributed by atoms with Gasteiger partial charge in [0.05, 0.1) is 12.7 Å². The Morgan fingerprint density at radius 3 is 2.52 bits per heavy atom. The molecule has 4 nitrogen and oxygen atoms in total. The molecule has 1 aromatic carbocycles. The van der Waals surface area contributed by atoms with Crippen molar-refractivity contribution in [3.63, 3.8) is 0 Å². The Bertz CT molecular complexity index is 537. The molecule has 4 heteroatoms. The van der Waals surface area contributed by atoms with E-state index in [1.165, 1.54) is 32.8 Å². The molecule has 1 N–H and O–H groups in total. The van der Waals surface area contributed by atoms with Crippen LogP contribution in [0.25, 0.3) is 0 Å². The highest BCUT2D eigenvalue weighted by atomic mass is 16.5. The van der Waals surface area contributed by atoms with Crippen molar-refractivity contribution in [3.05, 3.63) is 29.8 Å². The summed E-state index contributed by atoms with van der Waals surface area (Å²) in [6.45, 7) is 0. The zero-order valence-electron chi connectivity index (χ0n) is 12.3. The van der Waals surface area contributed by atoms with Gasteiger partial charge in [0, 0.05) is 12.1 Å². The number of hydrogen-bond acceptors (Lipinski definition) is 3. The van der Waals surface area contributed by atoms with Gasteiger partial charge in [-0.2, -0.15) is 0 Å². The quantitative estimate of drug-likeness (QED) is 0.865. The highest BCUT2D eigenvalue weighted by Crippen LogP contribution is 2.49. The third-order valence-corrected chi connectivity index (χ3v) is 4.92. The molecule has 21 heavy (non-hydrogen) atoms. The number of esters is 1. The third-order valence-electron chi connectivity index (χ3n) is 4.92. The van der Waals surface area contributed by atoms with Gasteiger partial charge in [0.15, 0.2) is 0 Å². The first-order chi connectivity index (χ1) is 10.2. The van der Waals surface area contributed by atoms with Gasteiger partial charge in [-0.3, -0.25) is 4.79 Å². The molecule has 112 valence electrons. The molecule has 1 aromatic rings. The van der Waals surface area contributed by atoms with E-state index in [-0.39, 0.29) is 11.9 Å². The van der Waals surface area contributed by atoms with Crippen molar-refractivity contribution in [1.82, 2.24) is 0 Å². The fourth-order valence-electron chi connectivity index (χ4n) is 3.88. The minimum absolute atomic E-state index is 0.0818. The topological polar surface area (TPSA) is 55.4 Å². The van der Waals surface area contributed by atoms with Crippen molar-refractivity contribution in [3.8, 4) is 0 Å². The molecule has 2 fully saturated rings. The Kier molecular flexibility index (Phi) is 3.95. The van der Waals surface area contributed by atoms with Crippen molar-refractivity contribution in [2.75, 3.05) is 12.4 Å². The standard InChI is InChI=1S/C17H21NO3/c1-21-17(20)12-4-6-15(7-5-12)18-16(19)10-14-9-11-2-3-13(14)8-11/h4-7,11,13-14H,2-3,8-10H2,1H3,(H,18,19)/t11-,13+,14-/m0/s1. The molecule has 0 aliphatic heterocycles. The number of nitrogens with one attached hydrogen (secondary N) is 1. The number of hydrogen-bond donors (Lipinski definition) is 1. The Hall–Kier alpha value is -1.84. The summed E-state index contributed by atoms with van der Waals surface area (Å²) in [4.78, 5) is 23.5. The normalized spacial score (nSPS) is 26.6. The molecule has 3 atom stereocenters. The van der Waals surface area contributed by atoms with E-state index in [4.69, 9.17) is 0 Å². The van der Waals surface area contributed by atoms with Crippen LogP contribution in [-0.2, 0) is 9.53 Å². The van der Waals surface area contributed by atoms with E-state index in [0.717, 1.165) is 17.5 Å². The van der Waals surface area contributed by atoms with Crippen LogP contribution in [0.4, 0.5) is 5.69 Å². The molecule has 0 heterocycles. The largest absolute Gasteiger partial charge is 0.465 e. The van der Waals surface area contributed by atoms with Crippen LogP contribution in [0.15, 0.2) is 24.3 Å². The third kappa shape index (κ3) is 3.09. The van der Waals surface area contributed by atoms with E-state index in [1.54, 1.807) is 24.3 Å². The summed E-state index contributed by atoms with van der Waals surface area (Å²) in [6.07, 6.45) is 5.83. The average molecular weight is 287 g/mol. The van der Waals surface area contributed by atoms with Crippen LogP contribution in [0.3, 0.4) is 0 Å². The summed E-state index contributed by atoms with van der Waals surface area (Å²) in [5.74, 6) is 1.92. The number of amides is 1. The predicted octanol–water partition coefficient (Wildman–Crippen LogP) is 3.24. The highest BCUT2D eigenvalue weighted by molar-refractivity contribution is 5.93. The van der Waals surface area contributed by atoms with E-state index < -0.39 is 0 Å². The monoisotopic (exact) mass is 287 g/mol. The summed E-state index contributed by atoms with van der Waals surface area (Å²) in [5.41, 5.74) is 1.22. The molecule has 0 saturated heterocycles. The van der Waals surface area contributed by atoms with Crippen molar-refractivity contribution in [2.24, 2.45) is 17.8 Å². The van der Waals surface area contributed by atoms with Gasteiger partial charge >= 0.3 is 5.97 Å². The molecule has 1 amide bonds. The molecule has 0 aromatic heterocycles. The number of benzene rings is 1. The second-order valence-electron chi connectivity index (χ2n) is 6.26. The maximum atomic E-state index is 12.1. The summed E-state index contributed by atoms with van der Waals surface area (Å²) < 4.78 is 4.65. The van der Waals surface area contributed by atoms with E-state index in [0.29, 0.717) is 17.9 Å². The van der Waals surface area contributed by atoms with Gasteiger partial charge in [0.1, 0.15) is 0 Å². The molecule has 2 aliphatic rings. The van der Waals surface area contributed by atoms with Crippen molar-refractivity contribution >= 4 is 17.6 Å². The Morgan fingerprint density at radius 2 is 1.95 bits per heavy atom. The summed E-state index contributed by atoms with van der Waals surface area (Å²) in [6, 6.07) is 6.81. The zero-order valence-corrected chi connectivity index (χ0v) is 12.3. The number of ether oxygens (including phenoxy) is 1. The molecule has 0 radical (unpaired) electrons. The van der Waals surface area contributed by atoms with E-state index in [2.05, 4.69) is 10.1 Å². The number of carbonyl (C=O) groups excluding carboxylic acids is 2. The molecule has 0 spiro atoms. The summed E-state index contributed by atoms with van der Waals surface area (Å²) in [7, 11) is 1.35. The van der Waals surface area contributed by atoms with Crippen molar-refractivity contribution in [2.45, 2.75) is 32.1 Å². The van der Waals surface area contributed by atoms with Crippen molar-refractivity contribution in [1.29, 1.82) is 0 Å². The van der Waals surface area contributed by atoms with Crippen LogP contribution in [0.2, 0.25) is 0 Å². The second kappa shape index (κ2) is 5.88. The number of fused-ring (bicyclic) bond motifs is 2. The first-order valence-corrected chi connectivity index (χ1v) is 7.64. The van der Waals surface area contributed by atoms with Gasteiger partial charge < -0.3 is 10.1 Å². The number of rotatable bonds is 4. The van der Waals surface area contributed by atoms with Gasteiger partial charge in [-0.25, -0.2) is 4.79 Å². The van der Waals surface area contributed by atoms with Gasteiger partial charge in [-0.15, -0.1) is 0 Å². The predicted molar refractivity (Wildman–Crippen MR) is 80.0 cm³/mol. The van der Waals surface area contributed by atoms with Gasteiger partial charge in [-0.05, 0) is 61.3 Å². The molecular formula is C17H21NO3. The van der Waals surface area contributed by atoms with E-state index in [9.17, 15) is 9.59 Å². The Balaban J connectivity index is 1.54. The van der Waals surface area contributed by atoms with Gasteiger partial charge in [-0.1, -0.05) is 6.42 Å². The molecule has 0 unspecified atom stereocenters. The first-order valence-electron chi connectivity index (χ1n) is 7.64. The van der Waals surface area contributed by atoms with E-state index in [1.807, 2.05) is 0 Å². The fraction of sp³-hybridized carbons (Fsp3) is 0.529. The van der Waals surface area contributed by atoms with Crippen molar-refractivity contribution < 1.29 is 14.3 Å². The maximum absolute atomic E-state index is 12.1. The SMILES string of the molecule is COC(=O)c1ccc(NC(=O)C[C@@H]2C[C@H]3CC[C@@H]2C3)cc1. The first kappa shape index (κ1) is 14.1. The van der Waals surface area contributed by atoms with Crippen LogP contribution in [-0.4, -0.2) is 19.0 Å². The summed E-state index contributed by atoms with van der Waals surface area (Å²) >= 11 is 0. The molecule has 3 rings (SSSR count). The van der Waals surface area contributed by atoms with Crippen LogP contribution in [0.1, 0.15) is 42.5 Å². The molecule has 2 bridgehead atoms. The Morgan fingerprint density at radius 1 is 1.19 bits per heavy atom. The van der Waals surface area contributed by atoms with Crippen LogP contribution in [0, 0.1) is 17.8 Å². The fourth-order valence-corrected chi connectivity index (χ4v) is 3.88. The van der Waals surface area contributed by atoms with Crippen LogP contribution in [0.5, 0.6) is 0 Å².